The summed E-state index contributed by atoms with van der Waals surface area (Å²) in [5, 5.41) is 3.10. The summed E-state index contributed by atoms with van der Waals surface area (Å²) in [6.07, 6.45) is -3.67. The number of nitrogens with one attached hydrogen (secondary N) is 2. The number of benzene rings is 1. The van der Waals surface area contributed by atoms with Gasteiger partial charge in [-0.1, -0.05) is 13.0 Å². The molecule has 0 unspecified atom stereocenters. The van der Waals surface area contributed by atoms with Gasteiger partial charge in [0, 0.05) is 11.0 Å². The third-order valence-corrected chi connectivity index (χ3v) is 4.90. The Morgan fingerprint density at radius 3 is 2.52 bits per heavy atom. The lowest BCUT2D eigenvalue weighted by molar-refractivity contribution is -0.121. The molecule has 0 fully saturated rings. The summed E-state index contributed by atoms with van der Waals surface area (Å²) in [6, 6.07) is 4.56. The molecule has 1 aromatic rings. The van der Waals surface area contributed by atoms with E-state index in [1.54, 1.807) is 10.8 Å². The standard InChI is InChI=1S/C12H16BrF3N2O2S/c1-2-5-17-7-9-3-4-10(13)11(6-9)21(19,20)18-8-12(14,15)16/h3-4,6,17-18H,2,5,7-8H2,1H3. The van der Waals surface area contributed by atoms with Crippen molar-refractivity contribution in [1.82, 2.24) is 10.0 Å². The maximum Gasteiger partial charge on any atom is 0.402 e. The minimum absolute atomic E-state index is 0.206. The van der Waals surface area contributed by atoms with E-state index in [-0.39, 0.29) is 9.37 Å². The van der Waals surface area contributed by atoms with E-state index in [2.05, 4.69) is 21.2 Å². The zero-order chi connectivity index (χ0) is 16.1. The number of rotatable bonds is 7. The van der Waals surface area contributed by atoms with Gasteiger partial charge in [-0.15, -0.1) is 0 Å². The topological polar surface area (TPSA) is 58.2 Å². The van der Waals surface area contributed by atoms with Crippen molar-refractivity contribution >= 4 is 26.0 Å². The van der Waals surface area contributed by atoms with Crippen molar-refractivity contribution < 1.29 is 21.6 Å². The zero-order valence-electron chi connectivity index (χ0n) is 11.3. The van der Waals surface area contributed by atoms with Crippen LogP contribution in [-0.2, 0) is 16.6 Å². The Bertz CT molecular complexity index is 576. The molecule has 21 heavy (non-hydrogen) atoms. The van der Waals surface area contributed by atoms with Crippen LogP contribution in [0.1, 0.15) is 18.9 Å². The van der Waals surface area contributed by atoms with Crippen LogP contribution >= 0.6 is 15.9 Å². The second-order valence-corrected chi connectivity index (χ2v) is 6.97. The first-order chi connectivity index (χ1) is 9.65. The van der Waals surface area contributed by atoms with Crippen molar-refractivity contribution in [2.75, 3.05) is 13.1 Å². The van der Waals surface area contributed by atoms with Crippen LogP contribution in [0.25, 0.3) is 0 Å². The lowest BCUT2D eigenvalue weighted by atomic mass is 10.2. The van der Waals surface area contributed by atoms with E-state index in [4.69, 9.17) is 0 Å². The van der Waals surface area contributed by atoms with Crippen LogP contribution in [0.15, 0.2) is 27.6 Å². The fraction of sp³-hybridized carbons (Fsp3) is 0.500. The second kappa shape index (κ2) is 7.57. The van der Waals surface area contributed by atoms with Crippen LogP contribution in [0.5, 0.6) is 0 Å². The average Bonchev–Trinajstić information content (AvgIpc) is 2.38. The van der Waals surface area contributed by atoms with Crippen molar-refractivity contribution in [2.24, 2.45) is 0 Å². The van der Waals surface area contributed by atoms with Gasteiger partial charge in [0.1, 0.15) is 6.54 Å². The van der Waals surface area contributed by atoms with E-state index in [9.17, 15) is 21.6 Å². The van der Waals surface area contributed by atoms with Gasteiger partial charge in [-0.25, -0.2) is 13.1 Å². The number of halogens is 4. The Morgan fingerprint density at radius 1 is 1.29 bits per heavy atom. The normalized spacial score (nSPS) is 12.6. The molecule has 1 aromatic carbocycles. The average molecular weight is 389 g/mol. The molecule has 2 N–H and O–H groups in total. The summed E-state index contributed by atoms with van der Waals surface area (Å²) in [5.74, 6) is 0. The highest BCUT2D eigenvalue weighted by atomic mass is 79.9. The van der Waals surface area contributed by atoms with Gasteiger partial charge in [-0.2, -0.15) is 13.2 Å². The third kappa shape index (κ3) is 6.33. The van der Waals surface area contributed by atoms with Gasteiger partial charge in [0.05, 0.1) is 4.90 Å². The molecule has 0 bridgehead atoms. The van der Waals surface area contributed by atoms with Crippen LogP contribution in [-0.4, -0.2) is 27.7 Å². The van der Waals surface area contributed by atoms with Crippen molar-refractivity contribution in [3.63, 3.8) is 0 Å². The number of hydrogen-bond donors (Lipinski definition) is 2. The minimum atomic E-state index is -4.60. The van der Waals surface area contributed by atoms with E-state index >= 15 is 0 Å². The lowest BCUT2D eigenvalue weighted by Crippen LogP contribution is -2.34. The third-order valence-electron chi connectivity index (χ3n) is 2.50. The molecule has 0 spiro atoms. The molecule has 1 rings (SSSR count). The van der Waals surface area contributed by atoms with Gasteiger partial charge in [0.2, 0.25) is 10.0 Å². The summed E-state index contributed by atoms with van der Waals surface area (Å²) in [4.78, 5) is -0.206. The van der Waals surface area contributed by atoms with Crippen LogP contribution in [0.3, 0.4) is 0 Å². The summed E-state index contributed by atoms with van der Waals surface area (Å²) < 4.78 is 62.0. The van der Waals surface area contributed by atoms with Crippen molar-refractivity contribution in [3.05, 3.63) is 28.2 Å². The molecule has 0 radical (unpaired) electrons. The number of hydrogen-bond acceptors (Lipinski definition) is 3. The SMILES string of the molecule is CCCNCc1ccc(Br)c(S(=O)(=O)NCC(F)(F)F)c1. The molecule has 0 atom stereocenters. The van der Waals surface area contributed by atoms with E-state index in [1.165, 1.54) is 12.1 Å². The van der Waals surface area contributed by atoms with Gasteiger partial charge < -0.3 is 5.32 Å². The second-order valence-electron chi connectivity index (χ2n) is 4.38. The summed E-state index contributed by atoms with van der Waals surface area (Å²) in [6.45, 7) is 1.61. The Kier molecular flexibility index (Phi) is 6.64. The zero-order valence-corrected chi connectivity index (χ0v) is 13.7. The highest BCUT2D eigenvalue weighted by molar-refractivity contribution is 9.10. The molecule has 0 saturated heterocycles. The van der Waals surface area contributed by atoms with E-state index in [0.717, 1.165) is 13.0 Å². The van der Waals surface area contributed by atoms with Gasteiger partial charge in [0.25, 0.3) is 0 Å². The van der Waals surface area contributed by atoms with Gasteiger partial charge in [-0.05, 0) is 46.6 Å². The van der Waals surface area contributed by atoms with Crippen molar-refractivity contribution in [1.29, 1.82) is 0 Å². The van der Waals surface area contributed by atoms with Crippen LogP contribution in [0.4, 0.5) is 13.2 Å². The predicted octanol–water partition coefficient (Wildman–Crippen LogP) is 2.79. The predicted molar refractivity (Wildman–Crippen MR) is 77.4 cm³/mol. The fourth-order valence-corrected chi connectivity index (χ4v) is 3.55. The van der Waals surface area contributed by atoms with Gasteiger partial charge in [-0.3, -0.25) is 0 Å². The molecule has 0 saturated carbocycles. The summed E-state index contributed by atoms with van der Waals surface area (Å²) >= 11 is 3.05. The first kappa shape index (κ1) is 18.4. The first-order valence-corrected chi connectivity index (χ1v) is 8.49. The van der Waals surface area contributed by atoms with E-state index in [1.807, 2.05) is 6.92 Å². The summed E-state index contributed by atoms with van der Waals surface area (Å²) in [5.41, 5.74) is 0.680. The Labute approximate surface area is 130 Å². The van der Waals surface area contributed by atoms with Gasteiger partial charge >= 0.3 is 6.18 Å². The van der Waals surface area contributed by atoms with Crippen LogP contribution in [0, 0.1) is 0 Å². The lowest BCUT2D eigenvalue weighted by Gasteiger charge is -2.12. The molecular formula is C12H16BrF3N2O2S. The highest BCUT2D eigenvalue weighted by Gasteiger charge is 2.30. The van der Waals surface area contributed by atoms with E-state index in [0.29, 0.717) is 12.1 Å². The molecule has 0 aliphatic carbocycles. The maximum absolute atomic E-state index is 12.1. The van der Waals surface area contributed by atoms with Crippen molar-refractivity contribution in [2.45, 2.75) is 31.0 Å². The first-order valence-electron chi connectivity index (χ1n) is 6.21. The monoisotopic (exact) mass is 388 g/mol. The molecule has 0 aliphatic rings. The smallest absolute Gasteiger partial charge is 0.313 e. The maximum atomic E-state index is 12.1. The Balaban J connectivity index is 2.92. The molecule has 0 aliphatic heterocycles. The Morgan fingerprint density at radius 2 is 1.95 bits per heavy atom. The van der Waals surface area contributed by atoms with Crippen LogP contribution < -0.4 is 10.0 Å². The molecule has 9 heteroatoms. The van der Waals surface area contributed by atoms with Crippen LogP contribution in [0.2, 0.25) is 0 Å². The fourth-order valence-electron chi connectivity index (χ4n) is 1.53. The molecule has 0 amide bonds. The quantitative estimate of drug-likeness (QED) is 0.706. The number of alkyl halides is 3. The molecule has 0 aromatic heterocycles. The molecular weight excluding hydrogens is 373 g/mol. The Hall–Kier alpha value is -0.640. The van der Waals surface area contributed by atoms with Crippen molar-refractivity contribution in [3.8, 4) is 0 Å². The molecule has 0 heterocycles. The largest absolute Gasteiger partial charge is 0.402 e. The minimum Gasteiger partial charge on any atom is -0.313 e. The van der Waals surface area contributed by atoms with Gasteiger partial charge in [0.15, 0.2) is 0 Å². The molecule has 4 nitrogen and oxygen atoms in total. The highest BCUT2D eigenvalue weighted by Crippen LogP contribution is 2.24. The number of sulfonamides is 1. The van der Waals surface area contributed by atoms with E-state index < -0.39 is 22.7 Å². The molecule has 120 valence electrons. The summed E-state index contributed by atoms with van der Waals surface area (Å²) in [7, 11) is -4.22.